The van der Waals surface area contributed by atoms with Crippen LogP contribution in [0.2, 0.25) is 0 Å². The van der Waals surface area contributed by atoms with E-state index in [-0.39, 0.29) is 0 Å². The zero-order chi connectivity index (χ0) is 18.9. The molecule has 0 N–H and O–H groups in total. The lowest BCUT2D eigenvalue weighted by molar-refractivity contribution is 1.32. The quantitative estimate of drug-likeness (QED) is 0.339. The van der Waals surface area contributed by atoms with E-state index in [1.807, 2.05) is 11.8 Å². The Morgan fingerprint density at radius 2 is 0.962 bits per heavy atom. The van der Waals surface area contributed by atoms with Crippen LogP contribution in [0.25, 0.3) is 0 Å². The minimum absolute atomic E-state index is 0.354. The van der Waals surface area contributed by atoms with Gasteiger partial charge in [-0.1, -0.05) is 47.2 Å². The summed E-state index contributed by atoms with van der Waals surface area (Å²) in [6.45, 7) is 4.22. The van der Waals surface area contributed by atoms with Crippen LogP contribution in [-0.4, -0.2) is 18.8 Å². The normalized spacial score (nSPS) is 10.4. The molecular weight excluding hydrogens is 372 g/mol. The fourth-order valence-electron chi connectivity index (χ4n) is 2.20. The third-order valence-corrected chi connectivity index (χ3v) is 6.78. The van der Waals surface area contributed by atoms with Crippen LogP contribution in [0.3, 0.4) is 0 Å². The lowest BCUT2D eigenvalue weighted by atomic mass is 10.2. The summed E-state index contributed by atoms with van der Waals surface area (Å²) in [6, 6.07) is 26.1. The zero-order valence-electron chi connectivity index (χ0n) is 16.2. The Hall–Kier alpha value is -1.29. The lowest BCUT2D eigenvalue weighted by Crippen LogP contribution is -1.94. The topological polar surface area (TPSA) is 0 Å². The molecule has 0 saturated heterocycles. The van der Waals surface area contributed by atoms with Crippen molar-refractivity contribution >= 4 is 34.4 Å². The molecule has 0 aromatic heterocycles. The minimum Gasteiger partial charge on any atom is -0.130 e. The molecule has 0 unspecified atom stereocenters. The van der Waals surface area contributed by atoms with Gasteiger partial charge in [0.1, 0.15) is 12.5 Å². The molecule has 26 heavy (non-hydrogen) atoms. The molecule has 3 aromatic rings. The molecule has 0 atom stereocenters. The first-order valence-electron chi connectivity index (χ1n) is 8.51. The van der Waals surface area contributed by atoms with E-state index >= 15 is 0 Å². The molecule has 0 aliphatic heterocycles. The van der Waals surface area contributed by atoms with Crippen molar-refractivity contribution in [2.45, 2.75) is 33.4 Å². The predicted molar refractivity (Wildman–Crippen MR) is 122 cm³/mol. The summed E-state index contributed by atoms with van der Waals surface area (Å²) < 4.78 is 0. The average Bonchev–Trinajstić information content (AvgIpc) is 2.65. The van der Waals surface area contributed by atoms with Crippen LogP contribution in [0.4, 0.5) is 0 Å². The Balaban J connectivity index is 0.000000228. The van der Waals surface area contributed by atoms with E-state index < -0.39 is 0 Å². The van der Waals surface area contributed by atoms with Gasteiger partial charge in [-0.2, -0.15) is 0 Å². The Bertz CT molecular complexity index is 773. The van der Waals surface area contributed by atoms with Crippen LogP contribution >= 0.6 is 23.5 Å². The number of benzene rings is 3. The molecule has 3 rings (SSSR count). The summed E-state index contributed by atoms with van der Waals surface area (Å²) in [5.74, 6) is 0. The van der Waals surface area contributed by atoms with E-state index in [1.54, 1.807) is 11.8 Å². The van der Waals surface area contributed by atoms with Crippen molar-refractivity contribution in [2.24, 2.45) is 0 Å². The van der Waals surface area contributed by atoms with Crippen LogP contribution in [0.15, 0.2) is 92.4 Å². The van der Waals surface area contributed by atoms with Crippen LogP contribution in [0, 0.1) is 13.8 Å². The second kappa shape index (κ2) is 10.8. The average molecular weight is 400 g/mol. The van der Waals surface area contributed by atoms with Gasteiger partial charge in [-0.05, 0) is 68.6 Å². The first-order valence-corrected chi connectivity index (χ1v) is 12.6. The number of aryl methyl sites for hydroxylation is 2. The second-order valence-corrected chi connectivity index (χ2v) is 10.4. The molecule has 0 amide bonds. The molecule has 0 heterocycles. The van der Waals surface area contributed by atoms with Crippen molar-refractivity contribution in [1.29, 1.82) is 0 Å². The maximum Gasteiger partial charge on any atom is 0.154 e. The van der Waals surface area contributed by atoms with E-state index in [2.05, 4.69) is 105 Å². The molecule has 0 aliphatic carbocycles. The zero-order valence-corrected chi connectivity index (χ0v) is 18.6. The molecular formula is C23H27S3+. The standard InChI is InChI=1S/C15H17S2.C8H10S/c1-12-4-6-13(7-5-12)16-14-8-10-15(11-9-14)17(2)3;1-7-3-5-8(9-2)6-4-7/h4-11H,1-3H3;3-6H,1-2H3/q+1;. The Kier molecular flexibility index (Phi) is 8.70. The fourth-order valence-corrected chi connectivity index (χ4v) is 4.10. The van der Waals surface area contributed by atoms with Gasteiger partial charge >= 0.3 is 0 Å². The Morgan fingerprint density at radius 1 is 0.577 bits per heavy atom. The van der Waals surface area contributed by atoms with Gasteiger partial charge < -0.3 is 0 Å². The van der Waals surface area contributed by atoms with Gasteiger partial charge in [0.15, 0.2) is 4.90 Å². The van der Waals surface area contributed by atoms with Crippen molar-refractivity contribution < 1.29 is 0 Å². The van der Waals surface area contributed by atoms with Crippen molar-refractivity contribution in [2.75, 3.05) is 18.8 Å². The van der Waals surface area contributed by atoms with E-state index in [0.29, 0.717) is 10.9 Å². The highest BCUT2D eigenvalue weighted by molar-refractivity contribution is 7.99. The van der Waals surface area contributed by atoms with E-state index in [4.69, 9.17) is 0 Å². The summed E-state index contributed by atoms with van der Waals surface area (Å²) in [5, 5.41) is 0. The largest absolute Gasteiger partial charge is 0.154 e. The SMILES string of the molecule is CSc1ccc(C)cc1.Cc1ccc(Sc2ccc([S+](C)C)cc2)cc1. The monoisotopic (exact) mass is 399 g/mol. The highest BCUT2D eigenvalue weighted by Crippen LogP contribution is 2.28. The van der Waals surface area contributed by atoms with Crippen molar-refractivity contribution in [3.05, 3.63) is 83.9 Å². The number of rotatable bonds is 4. The molecule has 0 saturated carbocycles. The molecule has 0 aliphatic rings. The van der Waals surface area contributed by atoms with E-state index in [9.17, 15) is 0 Å². The first kappa shape index (κ1) is 21.0. The molecule has 0 radical (unpaired) electrons. The Labute approximate surface area is 170 Å². The van der Waals surface area contributed by atoms with E-state index in [0.717, 1.165) is 0 Å². The van der Waals surface area contributed by atoms with Crippen LogP contribution in [-0.2, 0) is 10.9 Å². The summed E-state index contributed by atoms with van der Waals surface area (Å²) in [6.07, 6.45) is 6.59. The molecule has 3 heteroatoms. The fraction of sp³-hybridized carbons (Fsp3) is 0.217. The van der Waals surface area contributed by atoms with Gasteiger partial charge in [0.2, 0.25) is 0 Å². The molecule has 136 valence electrons. The summed E-state index contributed by atoms with van der Waals surface area (Å²) in [4.78, 5) is 5.37. The predicted octanol–water partition coefficient (Wildman–Crippen LogP) is 7.10. The van der Waals surface area contributed by atoms with E-state index in [1.165, 1.54) is 30.7 Å². The van der Waals surface area contributed by atoms with Gasteiger partial charge in [-0.15, -0.1) is 11.8 Å². The van der Waals surface area contributed by atoms with Crippen molar-refractivity contribution in [3.8, 4) is 0 Å². The van der Waals surface area contributed by atoms with Gasteiger partial charge in [0.25, 0.3) is 0 Å². The highest BCUT2D eigenvalue weighted by Gasteiger charge is 2.07. The number of hydrogen-bond acceptors (Lipinski definition) is 2. The summed E-state index contributed by atoms with van der Waals surface area (Å²) >= 11 is 3.60. The molecule has 0 bridgehead atoms. The van der Waals surface area contributed by atoms with Crippen LogP contribution in [0.1, 0.15) is 11.1 Å². The summed E-state index contributed by atoms with van der Waals surface area (Å²) in [5.41, 5.74) is 2.64. The number of thioether (sulfide) groups is 1. The van der Waals surface area contributed by atoms with Crippen LogP contribution in [0.5, 0.6) is 0 Å². The molecule has 0 fully saturated rings. The highest BCUT2D eigenvalue weighted by atomic mass is 32.2. The Morgan fingerprint density at radius 3 is 1.35 bits per heavy atom. The van der Waals surface area contributed by atoms with Gasteiger partial charge in [-0.3, -0.25) is 0 Å². The maximum atomic E-state index is 2.25. The third kappa shape index (κ3) is 7.14. The van der Waals surface area contributed by atoms with Crippen molar-refractivity contribution in [1.82, 2.24) is 0 Å². The lowest BCUT2D eigenvalue weighted by Gasteiger charge is -2.03. The molecule has 3 aromatic carbocycles. The van der Waals surface area contributed by atoms with Crippen LogP contribution < -0.4 is 0 Å². The van der Waals surface area contributed by atoms with Gasteiger partial charge in [-0.25, -0.2) is 0 Å². The van der Waals surface area contributed by atoms with Gasteiger partial charge in [0.05, 0.1) is 0 Å². The smallest absolute Gasteiger partial charge is 0.130 e. The van der Waals surface area contributed by atoms with Crippen molar-refractivity contribution in [3.63, 3.8) is 0 Å². The molecule has 0 spiro atoms. The second-order valence-electron chi connectivity index (χ2n) is 6.22. The van der Waals surface area contributed by atoms with Gasteiger partial charge in [0, 0.05) is 25.6 Å². The summed E-state index contributed by atoms with van der Waals surface area (Å²) in [7, 11) is 0.354. The first-order chi connectivity index (χ1) is 12.5. The minimum atomic E-state index is 0.354. The molecule has 0 nitrogen and oxygen atoms in total. The third-order valence-electron chi connectivity index (χ3n) is 3.81. The number of hydrogen-bond donors (Lipinski definition) is 0. The maximum absolute atomic E-state index is 2.25.